The van der Waals surface area contributed by atoms with Gasteiger partial charge in [-0.2, -0.15) is 4.99 Å². The zero-order valence-electron chi connectivity index (χ0n) is 15.8. The van der Waals surface area contributed by atoms with Crippen molar-refractivity contribution in [1.29, 1.82) is 0 Å². The lowest BCUT2D eigenvalue weighted by Crippen LogP contribution is -2.13. The number of carbonyl (C=O) groups is 1. The van der Waals surface area contributed by atoms with E-state index in [0.29, 0.717) is 17.0 Å². The third-order valence-corrected chi connectivity index (χ3v) is 6.47. The fourth-order valence-electron chi connectivity index (χ4n) is 2.71. The van der Waals surface area contributed by atoms with Crippen LogP contribution in [0.5, 0.6) is 11.5 Å². The first kappa shape index (κ1) is 19.5. The SMILES string of the molecule is COc1ccc(SCCC(=O)N=c2sc3c(C)ccc(OC)c3n2C)cc1. The van der Waals surface area contributed by atoms with E-state index in [4.69, 9.17) is 9.47 Å². The van der Waals surface area contributed by atoms with E-state index in [1.54, 1.807) is 26.0 Å². The average Bonchev–Trinajstić information content (AvgIpc) is 3.00. The number of thiazole rings is 1. The summed E-state index contributed by atoms with van der Waals surface area (Å²) < 4.78 is 13.6. The molecule has 2 aromatic carbocycles. The van der Waals surface area contributed by atoms with Crippen LogP contribution in [0.2, 0.25) is 0 Å². The lowest BCUT2D eigenvalue weighted by molar-refractivity contribution is -0.117. The van der Waals surface area contributed by atoms with E-state index in [1.807, 2.05) is 48.0 Å². The molecule has 0 fully saturated rings. The molecule has 3 aromatic rings. The summed E-state index contributed by atoms with van der Waals surface area (Å²) in [6, 6.07) is 11.8. The van der Waals surface area contributed by atoms with Gasteiger partial charge in [0.1, 0.15) is 17.0 Å². The molecule has 5 nitrogen and oxygen atoms in total. The van der Waals surface area contributed by atoms with Gasteiger partial charge in [0, 0.05) is 24.1 Å². The fourth-order valence-corrected chi connectivity index (χ4v) is 4.67. The minimum Gasteiger partial charge on any atom is -0.497 e. The van der Waals surface area contributed by atoms with Crippen LogP contribution in [0.15, 0.2) is 46.3 Å². The number of rotatable bonds is 6. The number of aryl methyl sites for hydroxylation is 2. The Labute approximate surface area is 166 Å². The van der Waals surface area contributed by atoms with E-state index in [-0.39, 0.29) is 5.91 Å². The second-order valence-electron chi connectivity index (χ2n) is 5.99. The van der Waals surface area contributed by atoms with E-state index in [2.05, 4.69) is 11.9 Å². The van der Waals surface area contributed by atoms with Crippen molar-refractivity contribution in [2.45, 2.75) is 18.2 Å². The maximum absolute atomic E-state index is 12.3. The highest BCUT2D eigenvalue weighted by molar-refractivity contribution is 7.99. The number of benzene rings is 2. The van der Waals surface area contributed by atoms with Crippen LogP contribution < -0.4 is 14.3 Å². The second kappa shape index (κ2) is 8.63. The van der Waals surface area contributed by atoms with Crippen LogP contribution in [0, 0.1) is 6.92 Å². The van der Waals surface area contributed by atoms with E-state index in [0.717, 1.165) is 32.2 Å². The Morgan fingerprint density at radius 1 is 1.15 bits per heavy atom. The first-order valence-electron chi connectivity index (χ1n) is 8.51. The van der Waals surface area contributed by atoms with Crippen LogP contribution in [-0.2, 0) is 11.8 Å². The van der Waals surface area contributed by atoms with Gasteiger partial charge < -0.3 is 14.0 Å². The van der Waals surface area contributed by atoms with Gasteiger partial charge >= 0.3 is 0 Å². The maximum atomic E-state index is 12.3. The Bertz CT molecular complexity index is 1020. The second-order valence-corrected chi connectivity index (χ2v) is 8.13. The van der Waals surface area contributed by atoms with Crippen LogP contribution >= 0.6 is 23.1 Å². The van der Waals surface area contributed by atoms with E-state index < -0.39 is 0 Å². The van der Waals surface area contributed by atoms with Gasteiger partial charge in [-0.3, -0.25) is 4.79 Å². The van der Waals surface area contributed by atoms with Crippen molar-refractivity contribution in [1.82, 2.24) is 4.57 Å². The number of ether oxygens (including phenoxy) is 2. The third-order valence-electron chi connectivity index (χ3n) is 4.19. The number of carbonyl (C=O) groups excluding carboxylic acids is 1. The molecule has 0 spiro atoms. The topological polar surface area (TPSA) is 52.8 Å². The van der Waals surface area contributed by atoms with Crippen LogP contribution in [0.25, 0.3) is 10.2 Å². The van der Waals surface area contributed by atoms with E-state index in [1.165, 1.54) is 11.3 Å². The summed E-state index contributed by atoms with van der Waals surface area (Å²) in [5.41, 5.74) is 2.12. The van der Waals surface area contributed by atoms with Crippen LogP contribution in [-0.4, -0.2) is 30.4 Å². The molecule has 0 aliphatic heterocycles. The Balaban J connectivity index is 1.73. The summed E-state index contributed by atoms with van der Waals surface area (Å²) in [6.45, 7) is 2.05. The molecule has 0 bridgehead atoms. The van der Waals surface area contributed by atoms with Gasteiger partial charge in [-0.25, -0.2) is 0 Å². The van der Waals surface area contributed by atoms with Crippen molar-refractivity contribution in [2.75, 3.05) is 20.0 Å². The Kier molecular flexibility index (Phi) is 6.23. The average molecular weight is 403 g/mol. The minimum absolute atomic E-state index is 0.116. The molecule has 142 valence electrons. The highest BCUT2D eigenvalue weighted by atomic mass is 32.2. The van der Waals surface area contributed by atoms with Gasteiger partial charge in [0.25, 0.3) is 0 Å². The molecule has 3 rings (SSSR count). The number of hydrogen-bond acceptors (Lipinski definition) is 5. The molecule has 0 aliphatic carbocycles. The van der Waals surface area contributed by atoms with Crippen molar-refractivity contribution in [3.63, 3.8) is 0 Å². The molecule has 1 amide bonds. The number of aromatic nitrogens is 1. The van der Waals surface area contributed by atoms with Gasteiger partial charge in [-0.15, -0.1) is 11.8 Å². The van der Waals surface area contributed by atoms with Crippen molar-refractivity contribution in [3.05, 3.63) is 46.8 Å². The van der Waals surface area contributed by atoms with Gasteiger partial charge in [0.15, 0.2) is 4.80 Å². The monoisotopic (exact) mass is 402 g/mol. The first-order chi connectivity index (χ1) is 13.0. The lowest BCUT2D eigenvalue weighted by Gasteiger charge is -2.05. The summed E-state index contributed by atoms with van der Waals surface area (Å²) in [7, 11) is 5.21. The van der Waals surface area contributed by atoms with Gasteiger partial charge in [-0.1, -0.05) is 17.4 Å². The summed E-state index contributed by atoms with van der Waals surface area (Å²) in [6.07, 6.45) is 0.390. The lowest BCUT2D eigenvalue weighted by atomic mass is 10.2. The molecule has 27 heavy (non-hydrogen) atoms. The molecular formula is C20H22N2O3S2. The van der Waals surface area contributed by atoms with Gasteiger partial charge in [0.2, 0.25) is 5.91 Å². The molecule has 0 aliphatic rings. The van der Waals surface area contributed by atoms with E-state index >= 15 is 0 Å². The van der Waals surface area contributed by atoms with Gasteiger partial charge in [-0.05, 0) is 42.8 Å². The number of methoxy groups -OCH3 is 2. The molecular weight excluding hydrogens is 380 g/mol. The normalized spacial score (nSPS) is 11.8. The molecule has 0 unspecified atom stereocenters. The largest absolute Gasteiger partial charge is 0.497 e. The van der Waals surface area contributed by atoms with Crippen LogP contribution in [0.1, 0.15) is 12.0 Å². The Morgan fingerprint density at radius 3 is 2.56 bits per heavy atom. The zero-order valence-corrected chi connectivity index (χ0v) is 17.4. The molecule has 0 saturated carbocycles. The maximum Gasteiger partial charge on any atom is 0.249 e. The molecule has 0 saturated heterocycles. The summed E-state index contributed by atoms with van der Waals surface area (Å²) in [5, 5.41) is 0. The highest BCUT2D eigenvalue weighted by Gasteiger charge is 2.12. The number of hydrogen-bond donors (Lipinski definition) is 0. The van der Waals surface area contributed by atoms with Crippen molar-refractivity contribution >= 4 is 39.2 Å². The fraction of sp³-hybridized carbons (Fsp3) is 0.300. The Hall–Kier alpha value is -2.25. The first-order valence-corrected chi connectivity index (χ1v) is 10.3. The van der Waals surface area contributed by atoms with Gasteiger partial charge in [0.05, 0.1) is 18.9 Å². The van der Waals surface area contributed by atoms with Crippen molar-refractivity contribution < 1.29 is 14.3 Å². The molecule has 1 heterocycles. The van der Waals surface area contributed by atoms with Crippen molar-refractivity contribution in [3.8, 4) is 11.5 Å². The van der Waals surface area contributed by atoms with Crippen molar-refractivity contribution in [2.24, 2.45) is 12.0 Å². The molecule has 0 N–H and O–H groups in total. The minimum atomic E-state index is -0.116. The Morgan fingerprint density at radius 2 is 1.89 bits per heavy atom. The smallest absolute Gasteiger partial charge is 0.249 e. The third kappa shape index (κ3) is 4.36. The summed E-state index contributed by atoms with van der Waals surface area (Å²) >= 11 is 3.15. The summed E-state index contributed by atoms with van der Waals surface area (Å²) in [5.74, 6) is 2.19. The predicted octanol–water partition coefficient (Wildman–Crippen LogP) is 4.18. The standard InChI is InChI=1S/C20H22N2O3S2/c1-13-5-10-16(25-4)18-19(13)27-20(22(18)2)21-17(23)11-12-26-15-8-6-14(24-3)7-9-15/h5-10H,11-12H2,1-4H3. The number of nitrogens with zero attached hydrogens (tertiary/aromatic N) is 2. The van der Waals surface area contributed by atoms with Crippen LogP contribution in [0.3, 0.4) is 0 Å². The molecule has 0 radical (unpaired) electrons. The number of amides is 1. The highest BCUT2D eigenvalue weighted by Crippen LogP contribution is 2.29. The predicted molar refractivity (Wildman–Crippen MR) is 111 cm³/mol. The number of fused-ring (bicyclic) bond motifs is 1. The molecule has 0 atom stereocenters. The number of thioether (sulfide) groups is 1. The molecule has 1 aromatic heterocycles. The van der Waals surface area contributed by atoms with Crippen LogP contribution in [0.4, 0.5) is 0 Å². The summed E-state index contributed by atoms with van der Waals surface area (Å²) in [4.78, 5) is 18.5. The van der Waals surface area contributed by atoms with E-state index in [9.17, 15) is 4.79 Å². The zero-order chi connectivity index (χ0) is 19.4. The quantitative estimate of drug-likeness (QED) is 0.581. The molecule has 7 heteroatoms.